The van der Waals surface area contributed by atoms with Crippen molar-refractivity contribution in [3.05, 3.63) is 76.6 Å². The lowest BCUT2D eigenvalue weighted by Crippen LogP contribution is -2.32. The van der Waals surface area contributed by atoms with E-state index in [0.717, 1.165) is 9.80 Å². The molecule has 0 saturated carbocycles. The summed E-state index contributed by atoms with van der Waals surface area (Å²) in [5.41, 5.74) is 1.59. The highest BCUT2D eigenvalue weighted by Gasteiger charge is 2.27. The van der Waals surface area contributed by atoms with Gasteiger partial charge in [-0.05, 0) is 55.3 Å². The van der Waals surface area contributed by atoms with Crippen LogP contribution in [0, 0.1) is 11.8 Å². The van der Waals surface area contributed by atoms with Crippen LogP contribution in [-0.4, -0.2) is 109 Å². The molecular weight excluding hydrogens is 734 g/mol. The minimum absolute atomic E-state index is 0.0891. The largest absolute Gasteiger partial charge is 0.481 e. The third-order valence-corrected chi connectivity index (χ3v) is 10.0. The van der Waals surface area contributed by atoms with Gasteiger partial charge in [0.15, 0.2) is 0 Å². The fourth-order valence-electron chi connectivity index (χ4n) is 5.31. The average Bonchev–Trinajstić information content (AvgIpc) is 3.04. The summed E-state index contributed by atoms with van der Waals surface area (Å²) in [6.45, 7) is 1.19. The van der Waals surface area contributed by atoms with Crippen molar-refractivity contribution in [1.82, 2.24) is 20.1 Å². The summed E-state index contributed by atoms with van der Waals surface area (Å²) in [6, 6.07) is 13.3. The predicted octanol–water partition coefficient (Wildman–Crippen LogP) is 3.36. The Balaban J connectivity index is 2.07. The maximum Gasteiger partial charge on any atom is 0.342 e. The summed E-state index contributed by atoms with van der Waals surface area (Å²) >= 11 is 0. The van der Waals surface area contributed by atoms with Crippen LogP contribution in [0.3, 0.4) is 0 Å². The fourth-order valence-corrected chi connectivity index (χ4v) is 7.69. The highest BCUT2D eigenvalue weighted by atomic mass is 31.2. The molecule has 0 aliphatic carbocycles. The number of pyridine rings is 1. The van der Waals surface area contributed by atoms with Crippen molar-refractivity contribution < 1.29 is 62.5 Å². The molecule has 0 bridgehead atoms. The first-order valence-corrected chi connectivity index (χ1v) is 19.9. The molecule has 2 atom stereocenters. The predicted molar refractivity (Wildman–Crippen MR) is 192 cm³/mol. The Bertz CT molecular complexity index is 1900. The highest BCUT2D eigenvalue weighted by Crippen LogP contribution is 2.43. The van der Waals surface area contributed by atoms with Gasteiger partial charge >= 0.3 is 33.1 Å². The summed E-state index contributed by atoms with van der Waals surface area (Å²) in [6.07, 6.45) is -1.11. The first-order valence-electron chi connectivity index (χ1n) is 16.4. The Morgan fingerprint density at radius 1 is 0.774 bits per heavy atom. The Morgan fingerprint density at radius 2 is 1.30 bits per heavy atom. The second-order valence-corrected chi connectivity index (χ2v) is 15.3. The minimum atomic E-state index is -4.23. The van der Waals surface area contributed by atoms with E-state index in [1.807, 2.05) is 0 Å². The molecule has 286 valence electrons. The minimum Gasteiger partial charge on any atom is -0.481 e. The molecule has 53 heavy (non-hydrogen) atoms. The molecular formula is C34H42N4O13P2. The molecule has 1 heterocycles. The van der Waals surface area contributed by atoms with Crippen LogP contribution in [0.25, 0.3) is 10.8 Å². The van der Waals surface area contributed by atoms with E-state index >= 15 is 0 Å². The molecule has 3 rings (SSSR count). The molecule has 0 radical (unpaired) electrons. The monoisotopic (exact) mass is 776 g/mol. The van der Waals surface area contributed by atoms with Crippen LogP contribution >= 0.6 is 15.2 Å². The van der Waals surface area contributed by atoms with E-state index in [1.165, 1.54) is 26.0 Å². The van der Waals surface area contributed by atoms with Crippen LogP contribution in [0.5, 0.6) is 0 Å². The van der Waals surface area contributed by atoms with Crippen LogP contribution in [0.15, 0.2) is 48.5 Å². The summed E-state index contributed by atoms with van der Waals surface area (Å²) < 4.78 is 35.0. The molecule has 0 spiro atoms. The second-order valence-electron chi connectivity index (χ2n) is 11.7. The van der Waals surface area contributed by atoms with Gasteiger partial charge in [0.25, 0.3) is 5.91 Å². The molecule has 17 nitrogen and oxygen atoms in total. The third-order valence-electron chi connectivity index (χ3n) is 7.20. The number of aliphatic carboxylic acids is 3. The number of hydrogen-bond donors (Lipinski definition) is 6. The Hall–Kier alpha value is -4.49. The Kier molecular flexibility index (Phi) is 16.3. The van der Waals surface area contributed by atoms with Crippen LogP contribution in [0.4, 0.5) is 0 Å². The van der Waals surface area contributed by atoms with Crippen molar-refractivity contribution in [1.29, 1.82) is 0 Å². The fraction of sp³-hybridized carbons (Fsp3) is 0.382. The number of rotatable bonds is 21. The van der Waals surface area contributed by atoms with Gasteiger partial charge in [0.1, 0.15) is 12.6 Å². The average molecular weight is 777 g/mol. The molecule has 19 heteroatoms. The molecule has 2 unspecified atom stereocenters. The Labute approximate surface area is 305 Å². The molecule has 6 N–H and O–H groups in total. The number of carboxylic acids is 3. The van der Waals surface area contributed by atoms with Crippen molar-refractivity contribution in [2.24, 2.45) is 0 Å². The van der Waals surface area contributed by atoms with E-state index in [-0.39, 0.29) is 63.0 Å². The quantitative estimate of drug-likeness (QED) is 0.0515. The van der Waals surface area contributed by atoms with Gasteiger partial charge in [0.05, 0.1) is 37.7 Å². The van der Waals surface area contributed by atoms with Crippen molar-refractivity contribution in [2.45, 2.75) is 39.8 Å². The number of nitrogens with one attached hydrogen (secondary N) is 1. The van der Waals surface area contributed by atoms with Gasteiger partial charge in [-0.25, -0.2) is 0 Å². The molecule has 3 aromatic rings. The Morgan fingerprint density at radius 3 is 1.79 bits per heavy atom. The molecule has 0 aliphatic heterocycles. The molecule has 1 aromatic heterocycles. The van der Waals surface area contributed by atoms with E-state index in [4.69, 9.17) is 14.2 Å². The number of carboxylic acid groups (broad SMARTS) is 3. The van der Waals surface area contributed by atoms with Crippen molar-refractivity contribution in [3.8, 4) is 11.8 Å². The third kappa shape index (κ3) is 14.8. The highest BCUT2D eigenvalue weighted by molar-refractivity contribution is 7.53. The first kappa shape index (κ1) is 42.9. The van der Waals surface area contributed by atoms with Crippen LogP contribution in [0.2, 0.25) is 0 Å². The van der Waals surface area contributed by atoms with E-state index in [2.05, 4.69) is 22.1 Å². The van der Waals surface area contributed by atoms with Gasteiger partial charge in [-0.1, -0.05) is 36.1 Å². The first-order chi connectivity index (χ1) is 25.0. The molecule has 0 saturated heterocycles. The maximum absolute atomic E-state index is 13.0. The molecule has 1 amide bonds. The standard InChI is InChI=1S/C34H42N4O13P2/c1-3-50-52(46,47)22-37(20-32(41)42)18-26-16-24(17-27(36-26)19-38(21-33(43)44)23-53(48,49)51-4-2)11-12-25-13-14-30(29-9-6-5-8-28(25)29)34(45)35-15-7-10-31(39)40/h5-6,8-9,13-14,16-17H,3-4,7,10,15,18-23H2,1-2H3,(H,35,45)(H,39,40)(H,41,42)(H,43,44)(H,46,47)(H,48,49). The van der Waals surface area contributed by atoms with Crippen LogP contribution in [-0.2, 0) is 45.7 Å². The van der Waals surface area contributed by atoms with E-state index in [9.17, 15) is 48.3 Å². The number of aromatic nitrogens is 1. The SMILES string of the molecule is CCOP(=O)(O)CN(CC(=O)O)Cc1cc(C#Cc2ccc(C(=O)NCCCC(=O)O)c3ccccc23)cc(CN(CC(=O)O)CP(=O)(O)OCC)n1. The number of nitrogens with zero attached hydrogens (tertiary/aromatic N) is 3. The number of carbonyl (C=O) groups excluding carboxylic acids is 1. The number of benzene rings is 2. The van der Waals surface area contributed by atoms with Gasteiger partial charge in [-0.15, -0.1) is 0 Å². The van der Waals surface area contributed by atoms with E-state index < -0.39 is 58.8 Å². The normalized spacial score (nSPS) is 13.5. The lowest BCUT2D eigenvalue weighted by atomic mass is 9.99. The van der Waals surface area contributed by atoms with Gasteiger partial charge in [-0.2, -0.15) is 0 Å². The van der Waals surface area contributed by atoms with Gasteiger partial charge in [-0.3, -0.25) is 43.1 Å². The zero-order valence-electron chi connectivity index (χ0n) is 29.1. The zero-order chi connectivity index (χ0) is 39.2. The topological polar surface area (TPSA) is 253 Å². The summed E-state index contributed by atoms with van der Waals surface area (Å²) in [4.78, 5) is 74.4. The number of hydrogen-bond acceptors (Lipinski definition) is 11. The van der Waals surface area contributed by atoms with Gasteiger partial charge < -0.3 is 39.5 Å². The lowest BCUT2D eigenvalue weighted by Gasteiger charge is -2.24. The van der Waals surface area contributed by atoms with E-state index in [0.29, 0.717) is 27.5 Å². The van der Waals surface area contributed by atoms with Crippen LogP contribution in [0.1, 0.15) is 59.6 Å². The van der Waals surface area contributed by atoms with E-state index in [1.54, 1.807) is 36.4 Å². The van der Waals surface area contributed by atoms with Gasteiger partial charge in [0.2, 0.25) is 0 Å². The van der Waals surface area contributed by atoms with Gasteiger partial charge in [0, 0.05) is 42.7 Å². The van der Waals surface area contributed by atoms with Crippen molar-refractivity contribution in [2.75, 3.05) is 45.4 Å². The maximum atomic E-state index is 13.0. The van der Waals surface area contributed by atoms with Crippen molar-refractivity contribution in [3.63, 3.8) is 0 Å². The number of amides is 1. The summed E-state index contributed by atoms with van der Waals surface area (Å²) in [5, 5.41) is 31.8. The summed E-state index contributed by atoms with van der Waals surface area (Å²) in [7, 11) is -8.45. The number of carbonyl (C=O) groups is 4. The lowest BCUT2D eigenvalue weighted by molar-refractivity contribution is -0.139. The smallest absolute Gasteiger partial charge is 0.342 e. The second kappa shape index (κ2) is 20.1. The zero-order valence-corrected chi connectivity index (χ0v) is 30.9. The summed E-state index contributed by atoms with van der Waals surface area (Å²) in [5.74, 6) is 2.17. The number of fused-ring (bicyclic) bond motifs is 1. The molecule has 0 aliphatic rings. The van der Waals surface area contributed by atoms with Crippen molar-refractivity contribution >= 4 is 49.8 Å². The molecule has 2 aromatic carbocycles. The van der Waals surface area contributed by atoms with Crippen LogP contribution < -0.4 is 5.32 Å². The molecule has 0 fully saturated rings.